The molecule has 0 aliphatic carbocycles. The maximum absolute atomic E-state index is 10.6. The Morgan fingerprint density at radius 3 is 2.83 bits per heavy atom. The first-order valence-corrected chi connectivity index (χ1v) is 4.89. The summed E-state index contributed by atoms with van der Waals surface area (Å²) in [5.41, 5.74) is 1.16. The van der Waals surface area contributed by atoms with Crippen LogP contribution in [-0.2, 0) is 11.2 Å². The molecular weight excluding hydrogens is 236 g/mol. The molecule has 0 amide bonds. The minimum atomic E-state index is -0.0602. The van der Waals surface area contributed by atoms with E-state index in [0.29, 0.717) is 6.42 Å². The molecule has 1 aromatic rings. The lowest BCUT2D eigenvalue weighted by Gasteiger charge is -1.98. The average molecular weight is 245 g/mol. The van der Waals surface area contributed by atoms with E-state index in [1.54, 1.807) is 0 Å². The van der Waals surface area contributed by atoms with Crippen LogP contribution in [-0.4, -0.2) is 5.12 Å². The van der Waals surface area contributed by atoms with Gasteiger partial charge in [-0.15, -0.1) is 12.6 Å². The first kappa shape index (κ1) is 9.81. The standard InChI is InChI=1S/C9H9BrOS/c10-8-3-1-2-7(6-8)4-5-9(11)12/h1-3,6H,4-5H2,(H,11,12). The molecule has 3 heteroatoms. The number of aryl methyl sites for hydroxylation is 1. The Morgan fingerprint density at radius 1 is 1.50 bits per heavy atom. The van der Waals surface area contributed by atoms with Crippen molar-refractivity contribution in [3.8, 4) is 0 Å². The molecule has 1 aromatic carbocycles. The highest BCUT2D eigenvalue weighted by Gasteiger charge is 1.97. The van der Waals surface area contributed by atoms with E-state index in [9.17, 15) is 4.79 Å². The van der Waals surface area contributed by atoms with Gasteiger partial charge in [0.15, 0.2) is 5.12 Å². The molecule has 0 aliphatic rings. The van der Waals surface area contributed by atoms with Gasteiger partial charge in [-0.1, -0.05) is 28.1 Å². The van der Waals surface area contributed by atoms with Crippen molar-refractivity contribution < 1.29 is 4.79 Å². The molecule has 0 heterocycles. The fourth-order valence-corrected chi connectivity index (χ4v) is 1.50. The SMILES string of the molecule is O=C(S)CCc1cccc(Br)c1. The van der Waals surface area contributed by atoms with Gasteiger partial charge in [0.2, 0.25) is 0 Å². The summed E-state index contributed by atoms with van der Waals surface area (Å²) in [4.78, 5) is 10.6. The molecule has 0 fully saturated rings. The lowest BCUT2D eigenvalue weighted by atomic mass is 10.1. The van der Waals surface area contributed by atoms with Gasteiger partial charge in [0.05, 0.1) is 0 Å². The van der Waals surface area contributed by atoms with Crippen LogP contribution in [0.2, 0.25) is 0 Å². The molecule has 0 radical (unpaired) electrons. The molecule has 1 nitrogen and oxygen atoms in total. The largest absolute Gasteiger partial charge is 0.287 e. The van der Waals surface area contributed by atoms with E-state index in [1.165, 1.54) is 0 Å². The number of benzene rings is 1. The summed E-state index contributed by atoms with van der Waals surface area (Å²) in [7, 11) is 0. The summed E-state index contributed by atoms with van der Waals surface area (Å²) in [5, 5.41) is -0.0602. The number of carbonyl (C=O) groups excluding carboxylic acids is 1. The summed E-state index contributed by atoms with van der Waals surface area (Å²) in [6, 6.07) is 7.94. The molecule has 0 aliphatic heterocycles. The van der Waals surface area contributed by atoms with Crippen molar-refractivity contribution in [2.24, 2.45) is 0 Å². The van der Waals surface area contributed by atoms with Crippen LogP contribution < -0.4 is 0 Å². The monoisotopic (exact) mass is 244 g/mol. The van der Waals surface area contributed by atoms with Gasteiger partial charge in [-0.25, -0.2) is 0 Å². The second-order valence-corrected chi connectivity index (χ2v) is 3.94. The fourth-order valence-electron chi connectivity index (χ4n) is 0.944. The average Bonchev–Trinajstić information content (AvgIpc) is 2.01. The smallest absolute Gasteiger partial charge is 0.186 e. The van der Waals surface area contributed by atoms with E-state index in [4.69, 9.17) is 0 Å². The van der Waals surface area contributed by atoms with E-state index < -0.39 is 0 Å². The van der Waals surface area contributed by atoms with E-state index in [2.05, 4.69) is 28.6 Å². The van der Waals surface area contributed by atoms with Gasteiger partial charge in [0.25, 0.3) is 0 Å². The molecule has 0 saturated carbocycles. The van der Waals surface area contributed by atoms with Crippen molar-refractivity contribution in [1.29, 1.82) is 0 Å². The van der Waals surface area contributed by atoms with Gasteiger partial charge in [-0.2, -0.15) is 0 Å². The minimum absolute atomic E-state index is 0.0602. The van der Waals surface area contributed by atoms with Crippen LogP contribution in [0.3, 0.4) is 0 Å². The molecule has 0 spiro atoms. The van der Waals surface area contributed by atoms with Crippen molar-refractivity contribution >= 4 is 33.7 Å². The summed E-state index contributed by atoms with van der Waals surface area (Å²) >= 11 is 7.07. The summed E-state index contributed by atoms with van der Waals surface area (Å²) in [6.07, 6.45) is 1.27. The Labute approximate surface area is 85.7 Å². The Balaban J connectivity index is 2.57. The summed E-state index contributed by atoms with van der Waals surface area (Å²) < 4.78 is 1.05. The van der Waals surface area contributed by atoms with Crippen LogP contribution in [0, 0.1) is 0 Å². The van der Waals surface area contributed by atoms with Crippen molar-refractivity contribution in [3.63, 3.8) is 0 Å². The molecule has 1 rings (SSSR count). The number of thiol groups is 1. The Hall–Kier alpha value is -0.280. The zero-order valence-corrected chi connectivity index (χ0v) is 8.94. The molecule has 0 saturated heterocycles. The Morgan fingerprint density at radius 2 is 2.25 bits per heavy atom. The topological polar surface area (TPSA) is 17.1 Å². The van der Waals surface area contributed by atoms with E-state index >= 15 is 0 Å². The number of hydrogen-bond acceptors (Lipinski definition) is 1. The maximum Gasteiger partial charge on any atom is 0.186 e. The van der Waals surface area contributed by atoms with Crippen LogP contribution in [0.5, 0.6) is 0 Å². The third kappa shape index (κ3) is 3.41. The molecule has 0 unspecified atom stereocenters. The normalized spacial score (nSPS) is 9.83. The first-order valence-electron chi connectivity index (χ1n) is 3.65. The zero-order valence-electron chi connectivity index (χ0n) is 6.46. The lowest BCUT2D eigenvalue weighted by molar-refractivity contribution is -0.110. The number of rotatable bonds is 3. The van der Waals surface area contributed by atoms with Gasteiger partial charge < -0.3 is 0 Å². The third-order valence-electron chi connectivity index (χ3n) is 1.52. The second kappa shape index (κ2) is 4.67. The second-order valence-electron chi connectivity index (χ2n) is 2.52. The van der Waals surface area contributed by atoms with E-state index in [0.717, 1.165) is 16.5 Å². The van der Waals surface area contributed by atoms with Crippen molar-refractivity contribution in [2.75, 3.05) is 0 Å². The van der Waals surface area contributed by atoms with Crippen LogP contribution in [0.4, 0.5) is 0 Å². The molecule has 64 valence electrons. The lowest BCUT2D eigenvalue weighted by Crippen LogP contribution is -1.91. The third-order valence-corrected chi connectivity index (χ3v) is 2.23. The molecule has 0 aromatic heterocycles. The van der Waals surface area contributed by atoms with Crippen LogP contribution in [0.25, 0.3) is 0 Å². The van der Waals surface area contributed by atoms with Crippen LogP contribution >= 0.6 is 28.6 Å². The van der Waals surface area contributed by atoms with Gasteiger partial charge in [-0.3, -0.25) is 4.79 Å². The zero-order chi connectivity index (χ0) is 8.97. The number of carbonyl (C=O) groups is 1. The number of halogens is 1. The predicted octanol–water partition coefficient (Wildman–Crippen LogP) is 2.84. The van der Waals surface area contributed by atoms with Crippen molar-refractivity contribution in [1.82, 2.24) is 0 Å². The van der Waals surface area contributed by atoms with Crippen LogP contribution in [0.15, 0.2) is 28.7 Å². The van der Waals surface area contributed by atoms with Gasteiger partial charge >= 0.3 is 0 Å². The molecular formula is C9H9BrOS. The van der Waals surface area contributed by atoms with Gasteiger partial charge in [0, 0.05) is 10.9 Å². The quantitative estimate of drug-likeness (QED) is 0.810. The number of hydrogen-bond donors (Lipinski definition) is 1. The molecule has 0 bridgehead atoms. The Kier molecular flexibility index (Phi) is 3.82. The van der Waals surface area contributed by atoms with Crippen molar-refractivity contribution in [3.05, 3.63) is 34.3 Å². The highest BCUT2D eigenvalue weighted by atomic mass is 79.9. The van der Waals surface area contributed by atoms with E-state index in [-0.39, 0.29) is 5.12 Å². The summed E-state index contributed by atoms with van der Waals surface area (Å²) in [5.74, 6) is 0. The molecule has 0 N–H and O–H groups in total. The molecule has 12 heavy (non-hydrogen) atoms. The highest BCUT2D eigenvalue weighted by Crippen LogP contribution is 2.13. The summed E-state index contributed by atoms with van der Waals surface area (Å²) in [6.45, 7) is 0. The fraction of sp³-hybridized carbons (Fsp3) is 0.222. The minimum Gasteiger partial charge on any atom is -0.287 e. The first-order chi connectivity index (χ1) is 5.68. The highest BCUT2D eigenvalue weighted by molar-refractivity contribution is 9.10. The predicted molar refractivity (Wildman–Crippen MR) is 56.5 cm³/mol. The van der Waals surface area contributed by atoms with Gasteiger partial charge in [0.1, 0.15) is 0 Å². The Bertz CT molecular complexity index is 286. The van der Waals surface area contributed by atoms with Crippen molar-refractivity contribution in [2.45, 2.75) is 12.8 Å². The van der Waals surface area contributed by atoms with Crippen LogP contribution in [0.1, 0.15) is 12.0 Å². The molecule has 0 atom stereocenters. The maximum atomic E-state index is 10.6. The van der Waals surface area contributed by atoms with Gasteiger partial charge in [-0.05, 0) is 24.1 Å². The van der Waals surface area contributed by atoms with E-state index in [1.807, 2.05) is 24.3 Å².